The van der Waals surface area contributed by atoms with E-state index in [4.69, 9.17) is 4.74 Å². The van der Waals surface area contributed by atoms with Crippen LogP contribution in [0, 0.1) is 5.92 Å². The van der Waals surface area contributed by atoms with Gasteiger partial charge < -0.3 is 4.74 Å². The number of ether oxygens (including phenoxy) is 1. The summed E-state index contributed by atoms with van der Waals surface area (Å²) in [5.41, 5.74) is 1.82. The van der Waals surface area contributed by atoms with E-state index in [1.54, 1.807) is 0 Å². The number of hydrogen-bond donors (Lipinski definition) is 0. The van der Waals surface area contributed by atoms with Gasteiger partial charge in [0.1, 0.15) is 0 Å². The molecule has 3 rings (SSSR count). The van der Waals surface area contributed by atoms with Crippen LogP contribution in [0.3, 0.4) is 0 Å². The molecule has 2 unspecified atom stereocenters. The summed E-state index contributed by atoms with van der Waals surface area (Å²) in [6.45, 7) is 2.04. The fourth-order valence-electron chi connectivity index (χ4n) is 3.94. The third-order valence-electron chi connectivity index (χ3n) is 4.90. The average molecular weight is 273 g/mol. The maximum atomic E-state index is 11.9. The highest BCUT2D eigenvalue weighted by molar-refractivity contribution is 5.90. The van der Waals surface area contributed by atoms with E-state index in [-0.39, 0.29) is 5.97 Å². The largest absolute Gasteiger partial charge is 0.465 e. The van der Waals surface area contributed by atoms with Crippen LogP contribution >= 0.6 is 0 Å². The van der Waals surface area contributed by atoms with Gasteiger partial charge in [-0.05, 0) is 49.8 Å². The predicted molar refractivity (Wildman–Crippen MR) is 78.6 cm³/mol. The Morgan fingerprint density at radius 1 is 1.25 bits per heavy atom. The van der Waals surface area contributed by atoms with Gasteiger partial charge in [0.25, 0.3) is 0 Å². The number of esters is 1. The van der Waals surface area contributed by atoms with Crippen molar-refractivity contribution in [2.75, 3.05) is 13.7 Å². The first kappa shape index (κ1) is 13.6. The summed E-state index contributed by atoms with van der Waals surface area (Å²) >= 11 is 0. The highest BCUT2D eigenvalue weighted by atomic mass is 16.5. The van der Waals surface area contributed by atoms with Crippen LogP contribution in [0.1, 0.15) is 48.0 Å². The van der Waals surface area contributed by atoms with E-state index in [9.17, 15) is 4.79 Å². The second-order valence-electron chi connectivity index (χ2n) is 6.02. The summed E-state index contributed by atoms with van der Waals surface area (Å²) in [5, 5.41) is 0. The topological polar surface area (TPSA) is 29.5 Å². The molecule has 1 aliphatic carbocycles. The zero-order valence-electron chi connectivity index (χ0n) is 12.2. The zero-order valence-corrected chi connectivity index (χ0v) is 12.2. The van der Waals surface area contributed by atoms with E-state index >= 15 is 0 Å². The number of methoxy groups -OCH3 is 1. The Hall–Kier alpha value is -1.35. The van der Waals surface area contributed by atoms with Crippen LogP contribution in [0.4, 0.5) is 0 Å². The van der Waals surface area contributed by atoms with Gasteiger partial charge in [0.05, 0.1) is 12.7 Å². The predicted octanol–water partition coefficient (Wildman–Crippen LogP) is 3.24. The number of benzene rings is 1. The molecular formula is C17H23NO2. The molecule has 1 aliphatic heterocycles. The average Bonchev–Trinajstić information content (AvgIpc) is 2.96. The third kappa shape index (κ3) is 2.59. The van der Waals surface area contributed by atoms with Crippen LogP contribution < -0.4 is 0 Å². The minimum absolute atomic E-state index is 0.222. The maximum absolute atomic E-state index is 11.9. The molecule has 2 atom stereocenters. The second kappa shape index (κ2) is 5.96. The molecule has 1 saturated carbocycles. The number of piperidine rings is 1. The zero-order chi connectivity index (χ0) is 13.9. The number of likely N-dealkylation sites (tertiary alicyclic amines) is 1. The van der Waals surface area contributed by atoms with Gasteiger partial charge in [-0.25, -0.2) is 4.79 Å². The van der Waals surface area contributed by atoms with Crippen LogP contribution in [-0.4, -0.2) is 30.6 Å². The molecule has 0 spiro atoms. The van der Waals surface area contributed by atoms with Crippen molar-refractivity contribution < 1.29 is 9.53 Å². The van der Waals surface area contributed by atoms with Gasteiger partial charge in [0, 0.05) is 12.6 Å². The summed E-state index contributed by atoms with van der Waals surface area (Å²) in [5.74, 6) is 0.662. The van der Waals surface area contributed by atoms with Crippen LogP contribution in [0.15, 0.2) is 24.3 Å². The Morgan fingerprint density at radius 3 is 2.90 bits per heavy atom. The van der Waals surface area contributed by atoms with Crippen molar-refractivity contribution >= 4 is 5.97 Å². The molecule has 1 saturated heterocycles. The quantitative estimate of drug-likeness (QED) is 0.792. The van der Waals surface area contributed by atoms with Gasteiger partial charge in [-0.1, -0.05) is 24.6 Å². The number of hydrogen-bond acceptors (Lipinski definition) is 3. The molecule has 0 N–H and O–H groups in total. The fourth-order valence-corrected chi connectivity index (χ4v) is 3.94. The van der Waals surface area contributed by atoms with Crippen LogP contribution in [0.2, 0.25) is 0 Å². The van der Waals surface area contributed by atoms with Crippen LogP contribution in [0.5, 0.6) is 0 Å². The van der Waals surface area contributed by atoms with Crippen molar-refractivity contribution in [3.05, 3.63) is 35.4 Å². The first-order valence-corrected chi connectivity index (χ1v) is 7.70. The number of carbonyl (C=O) groups is 1. The van der Waals surface area contributed by atoms with E-state index in [1.807, 2.05) is 18.2 Å². The summed E-state index contributed by atoms with van der Waals surface area (Å²) in [6.07, 6.45) is 6.76. The van der Waals surface area contributed by atoms with Gasteiger partial charge in [0.2, 0.25) is 0 Å². The lowest BCUT2D eigenvalue weighted by Gasteiger charge is -2.38. The molecule has 1 heterocycles. The normalized spacial score (nSPS) is 26.2. The molecule has 2 fully saturated rings. The fraction of sp³-hybridized carbons (Fsp3) is 0.588. The van der Waals surface area contributed by atoms with Crippen LogP contribution in [-0.2, 0) is 11.3 Å². The van der Waals surface area contributed by atoms with Gasteiger partial charge in [0.15, 0.2) is 0 Å². The van der Waals surface area contributed by atoms with Crippen molar-refractivity contribution in [2.24, 2.45) is 5.92 Å². The van der Waals surface area contributed by atoms with Gasteiger partial charge >= 0.3 is 5.97 Å². The maximum Gasteiger partial charge on any atom is 0.338 e. The Balaban J connectivity index is 1.78. The second-order valence-corrected chi connectivity index (χ2v) is 6.02. The van der Waals surface area contributed by atoms with Gasteiger partial charge in [-0.3, -0.25) is 4.90 Å². The molecule has 0 bridgehead atoms. The highest BCUT2D eigenvalue weighted by Crippen LogP contribution is 2.37. The standard InChI is InChI=1S/C17H23NO2/c1-20-17(19)15-9-3-2-6-14(15)12-18-11-5-8-13-7-4-10-16(13)18/h2-3,6,9,13,16H,4-5,7-8,10-12H2,1H3. The molecule has 108 valence electrons. The van der Waals surface area contributed by atoms with Crippen molar-refractivity contribution in [1.29, 1.82) is 0 Å². The lowest BCUT2D eigenvalue weighted by molar-refractivity contribution is 0.0594. The van der Waals surface area contributed by atoms with E-state index < -0.39 is 0 Å². The lowest BCUT2D eigenvalue weighted by atomic mass is 9.91. The van der Waals surface area contributed by atoms with E-state index in [0.717, 1.165) is 36.2 Å². The van der Waals surface area contributed by atoms with Gasteiger partial charge in [-0.15, -0.1) is 0 Å². The number of fused-ring (bicyclic) bond motifs is 1. The summed E-state index contributed by atoms with van der Waals surface area (Å²) < 4.78 is 4.90. The van der Waals surface area contributed by atoms with E-state index in [2.05, 4.69) is 11.0 Å². The molecule has 0 amide bonds. The van der Waals surface area contributed by atoms with Crippen LogP contribution in [0.25, 0.3) is 0 Å². The van der Waals surface area contributed by atoms with Crippen molar-refractivity contribution in [3.63, 3.8) is 0 Å². The lowest BCUT2D eigenvalue weighted by Crippen LogP contribution is -2.42. The minimum Gasteiger partial charge on any atom is -0.465 e. The molecule has 20 heavy (non-hydrogen) atoms. The third-order valence-corrected chi connectivity index (χ3v) is 4.90. The molecular weight excluding hydrogens is 250 g/mol. The Labute approximate surface area is 120 Å². The summed E-state index contributed by atoms with van der Waals surface area (Å²) in [4.78, 5) is 14.4. The summed E-state index contributed by atoms with van der Waals surface area (Å²) in [7, 11) is 1.45. The molecule has 1 aromatic rings. The molecule has 2 aliphatic rings. The Morgan fingerprint density at radius 2 is 2.05 bits per heavy atom. The number of nitrogens with zero attached hydrogens (tertiary/aromatic N) is 1. The number of carbonyl (C=O) groups excluding carboxylic acids is 1. The molecule has 3 heteroatoms. The molecule has 3 nitrogen and oxygen atoms in total. The minimum atomic E-state index is -0.222. The van der Waals surface area contributed by atoms with Crippen molar-refractivity contribution in [1.82, 2.24) is 4.90 Å². The highest BCUT2D eigenvalue weighted by Gasteiger charge is 2.35. The molecule has 0 radical (unpaired) electrons. The van der Waals surface area contributed by atoms with Crippen molar-refractivity contribution in [3.8, 4) is 0 Å². The van der Waals surface area contributed by atoms with E-state index in [0.29, 0.717) is 0 Å². The molecule has 1 aromatic carbocycles. The Kier molecular flexibility index (Phi) is 4.06. The first-order valence-electron chi connectivity index (χ1n) is 7.70. The smallest absolute Gasteiger partial charge is 0.338 e. The Bertz CT molecular complexity index is 486. The number of rotatable bonds is 3. The van der Waals surface area contributed by atoms with Gasteiger partial charge in [-0.2, -0.15) is 0 Å². The summed E-state index contributed by atoms with van der Waals surface area (Å²) in [6, 6.07) is 8.58. The first-order chi connectivity index (χ1) is 9.79. The molecule has 0 aromatic heterocycles. The SMILES string of the molecule is COC(=O)c1ccccc1CN1CCCC2CCCC21. The monoisotopic (exact) mass is 273 g/mol. The van der Waals surface area contributed by atoms with Crippen molar-refractivity contribution in [2.45, 2.75) is 44.7 Å². The van der Waals surface area contributed by atoms with E-state index in [1.165, 1.54) is 39.2 Å².